The predicted octanol–water partition coefficient (Wildman–Crippen LogP) is -2.96. The van der Waals surface area contributed by atoms with Crippen molar-refractivity contribution in [3.8, 4) is 0 Å². The molecule has 140 valence electrons. The molecule has 0 aliphatic heterocycles. The first-order valence-electron chi connectivity index (χ1n) is 6.60. The van der Waals surface area contributed by atoms with Gasteiger partial charge in [0.1, 0.15) is 6.54 Å². The van der Waals surface area contributed by atoms with E-state index >= 15 is 0 Å². The summed E-state index contributed by atoms with van der Waals surface area (Å²) in [6.07, 6.45) is -0.252. The summed E-state index contributed by atoms with van der Waals surface area (Å²) in [5.41, 5.74) is 0. The van der Waals surface area contributed by atoms with Gasteiger partial charge in [-0.3, -0.25) is 29.0 Å². The van der Waals surface area contributed by atoms with Gasteiger partial charge in [-0.15, -0.1) is 0 Å². The average Bonchev–Trinajstić information content (AvgIpc) is 2.48. The van der Waals surface area contributed by atoms with Crippen molar-refractivity contribution < 1.29 is 53.9 Å². The highest BCUT2D eigenvalue weighted by Crippen LogP contribution is 1.96. The molecule has 0 aromatic heterocycles. The number of carboxylic acid groups (broad SMARTS) is 3. The van der Waals surface area contributed by atoms with Crippen molar-refractivity contribution in [2.45, 2.75) is 0 Å². The molecule has 0 unspecified atom stereocenters. The topological polar surface area (TPSA) is 188 Å². The second-order valence-corrected chi connectivity index (χ2v) is 4.58. The van der Waals surface area contributed by atoms with Crippen molar-refractivity contribution in [1.82, 2.24) is 9.80 Å². The minimum absolute atomic E-state index is 0.173. The lowest BCUT2D eigenvalue weighted by Crippen LogP contribution is -2.43. The number of hydrogen-bond donors (Lipinski definition) is 3. The average molecular weight is 364 g/mol. The second kappa shape index (κ2) is 11.5. The maximum absolute atomic E-state index is 11.4. The van der Waals surface area contributed by atoms with Gasteiger partial charge in [0.05, 0.1) is 19.6 Å². The SMILES string of the molecule is O=CC(=O)OOC(=O)CN(CCN(CC(=O)O)CC(=O)O)CC(=O)O. The Bertz CT molecular complexity index is 517. The van der Waals surface area contributed by atoms with E-state index in [1.165, 1.54) is 0 Å². The van der Waals surface area contributed by atoms with Crippen LogP contribution >= 0.6 is 0 Å². The molecule has 13 nitrogen and oxygen atoms in total. The van der Waals surface area contributed by atoms with Crippen LogP contribution in [0.5, 0.6) is 0 Å². The first-order valence-corrected chi connectivity index (χ1v) is 6.60. The zero-order chi connectivity index (χ0) is 19.4. The van der Waals surface area contributed by atoms with Gasteiger partial charge in [0, 0.05) is 13.1 Å². The maximum Gasteiger partial charge on any atom is 0.418 e. The van der Waals surface area contributed by atoms with Crippen molar-refractivity contribution in [2.75, 3.05) is 39.3 Å². The van der Waals surface area contributed by atoms with Crippen LogP contribution in [0.4, 0.5) is 0 Å². The van der Waals surface area contributed by atoms with Gasteiger partial charge in [-0.05, 0) is 0 Å². The van der Waals surface area contributed by atoms with E-state index in [0.29, 0.717) is 0 Å². The monoisotopic (exact) mass is 364 g/mol. The molecule has 0 aromatic carbocycles. The minimum atomic E-state index is -1.47. The molecule has 0 saturated carbocycles. The van der Waals surface area contributed by atoms with Gasteiger partial charge in [-0.2, -0.15) is 0 Å². The molecule has 13 heteroatoms. The highest BCUT2D eigenvalue weighted by atomic mass is 17.2. The summed E-state index contributed by atoms with van der Waals surface area (Å²) in [5.74, 6) is -6.54. The highest BCUT2D eigenvalue weighted by molar-refractivity contribution is 6.20. The largest absolute Gasteiger partial charge is 0.480 e. The fraction of sp³-hybridized carbons (Fsp3) is 0.500. The smallest absolute Gasteiger partial charge is 0.418 e. The van der Waals surface area contributed by atoms with E-state index in [2.05, 4.69) is 9.78 Å². The van der Waals surface area contributed by atoms with E-state index in [0.717, 1.165) is 9.80 Å². The number of rotatable bonds is 12. The molecule has 0 saturated heterocycles. The van der Waals surface area contributed by atoms with Crippen molar-refractivity contribution in [3.63, 3.8) is 0 Å². The van der Waals surface area contributed by atoms with Crippen molar-refractivity contribution in [1.29, 1.82) is 0 Å². The molecule has 0 aliphatic carbocycles. The third kappa shape index (κ3) is 12.1. The summed E-state index contributed by atoms with van der Waals surface area (Å²) in [6, 6.07) is 0. The van der Waals surface area contributed by atoms with Crippen LogP contribution in [0, 0.1) is 0 Å². The van der Waals surface area contributed by atoms with Crippen LogP contribution in [0.25, 0.3) is 0 Å². The molecule has 0 bridgehead atoms. The van der Waals surface area contributed by atoms with Gasteiger partial charge in [-0.25, -0.2) is 19.4 Å². The Labute approximate surface area is 140 Å². The zero-order valence-corrected chi connectivity index (χ0v) is 12.8. The Morgan fingerprint density at radius 1 is 0.720 bits per heavy atom. The Kier molecular flexibility index (Phi) is 10.1. The van der Waals surface area contributed by atoms with E-state index in [9.17, 15) is 28.8 Å². The predicted molar refractivity (Wildman–Crippen MR) is 74.0 cm³/mol. The fourth-order valence-electron chi connectivity index (χ4n) is 1.60. The molecule has 0 atom stereocenters. The number of aliphatic carboxylic acids is 3. The van der Waals surface area contributed by atoms with E-state index in [1.807, 2.05) is 0 Å². The third-order valence-electron chi connectivity index (χ3n) is 2.47. The van der Waals surface area contributed by atoms with Gasteiger partial charge in [0.15, 0.2) is 0 Å². The van der Waals surface area contributed by atoms with Crippen LogP contribution in [-0.2, 0) is 38.5 Å². The molecular weight excluding hydrogens is 348 g/mol. The normalized spacial score (nSPS) is 10.3. The summed E-state index contributed by atoms with van der Waals surface area (Å²) >= 11 is 0. The van der Waals surface area contributed by atoms with Crippen LogP contribution in [0.1, 0.15) is 0 Å². The van der Waals surface area contributed by atoms with Crippen molar-refractivity contribution in [2.24, 2.45) is 0 Å². The third-order valence-corrected chi connectivity index (χ3v) is 2.47. The molecule has 25 heavy (non-hydrogen) atoms. The number of carbonyl (C=O) groups excluding carboxylic acids is 3. The van der Waals surface area contributed by atoms with E-state index in [1.54, 1.807) is 0 Å². The summed E-state index contributed by atoms with van der Waals surface area (Å²) in [5, 5.41) is 26.2. The van der Waals surface area contributed by atoms with E-state index in [-0.39, 0.29) is 19.4 Å². The van der Waals surface area contributed by atoms with Gasteiger partial charge in [-0.1, -0.05) is 0 Å². The Hall–Kier alpha value is -3.06. The lowest BCUT2D eigenvalue weighted by molar-refractivity contribution is -0.256. The highest BCUT2D eigenvalue weighted by Gasteiger charge is 2.20. The van der Waals surface area contributed by atoms with Gasteiger partial charge < -0.3 is 15.3 Å². The molecule has 0 aliphatic rings. The Balaban J connectivity index is 4.67. The maximum atomic E-state index is 11.4. The van der Waals surface area contributed by atoms with E-state index in [4.69, 9.17) is 15.3 Å². The first-order chi connectivity index (χ1) is 11.6. The van der Waals surface area contributed by atoms with E-state index < -0.39 is 56.0 Å². The molecule has 0 rings (SSSR count). The molecule has 0 spiro atoms. The molecule has 0 heterocycles. The first kappa shape index (κ1) is 21.9. The van der Waals surface area contributed by atoms with Crippen molar-refractivity contribution >= 4 is 36.1 Å². The molecular formula is C12H16N2O11. The summed E-state index contributed by atoms with van der Waals surface area (Å²) in [4.78, 5) is 73.8. The van der Waals surface area contributed by atoms with Crippen LogP contribution in [0.15, 0.2) is 0 Å². The van der Waals surface area contributed by atoms with Gasteiger partial charge in [0.2, 0.25) is 6.29 Å². The molecule has 0 aromatic rings. The van der Waals surface area contributed by atoms with Gasteiger partial charge in [0.25, 0.3) is 0 Å². The lowest BCUT2D eigenvalue weighted by atomic mass is 10.4. The Morgan fingerprint density at radius 3 is 1.48 bits per heavy atom. The summed E-state index contributed by atoms with van der Waals surface area (Å²) < 4.78 is 0. The number of carboxylic acids is 3. The number of nitrogens with zero attached hydrogens (tertiary/aromatic N) is 2. The summed E-state index contributed by atoms with van der Waals surface area (Å²) in [7, 11) is 0. The quantitative estimate of drug-likeness (QED) is 0.138. The summed E-state index contributed by atoms with van der Waals surface area (Å²) in [6.45, 7) is -2.88. The number of aldehydes is 1. The lowest BCUT2D eigenvalue weighted by Gasteiger charge is -2.23. The van der Waals surface area contributed by atoms with Gasteiger partial charge >= 0.3 is 29.8 Å². The Morgan fingerprint density at radius 2 is 1.12 bits per heavy atom. The van der Waals surface area contributed by atoms with Crippen molar-refractivity contribution in [3.05, 3.63) is 0 Å². The minimum Gasteiger partial charge on any atom is -0.480 e. The van der Waals surface area contributed by atoms with Crippen LogP contribution in [0.3, 0.4) is 0 Å². The fourth-order valence-corrected chi connectivity index (χ4v) is 1.60. The van der Waals surface area contributed by atoms with Crippen LogP contribution in [-0.4, -0.2) is 101 Å². The number of carbonyl (C=O) groups is 6. The molecule has 3 N–H and O–H groups in total. The number of hydrogen-bond acceptors (Lipinski definition) is 10. The standard InChI is InChI=1S/C12H16N2O11/c15-7-12(23)25-24-11(22)6-14(5-10(20)21)2-1-13(3-8(16)17)4-9(18)19/h7H,1-6H2,(H,16,17)(H,18,19)(H,20,21). The molecule has 0 fully saturated rings. The van der Waals surface area contributed by atoms with Crippen LogP contribution in [0.2, 0.25) is 0 Å². The second-order valence-electron chi connectivity index (χ2n) is 4.58. The van der Waals surface area contributed by atoms with Crippen LogP contribution < -0.4 is 0 Å². The molecule has 0 radical (unpaired) electrons. The zero-order valence-electron chi connectivity index (χ0n) is 12.8. The molecule has 0 amide bonds.